The average molecular weight is 524 g/mol. The highest BCUT2D eigenvalue weighted by molar-refractivity contribution is 6.27. The number of hydrogen-bond acceptors (Lipinski definition) is 4. The lowest BCUT2D eigenvalue weighted by Gasteiger charge is -2.36. The summed E-state index contributed by atoms with van der Waals surface area (Å²) in [5.74, 6) is -0.379. The molecule has 2 heterocycles. The Morgan fingerprint density at radius 2 is 1.35 bits per heavy atom. The molecule has 2 aliphatic heterocycles. The van der Waals surface area contributed by atoms with Gasteiger partial charge in [0.15, 0.2) is 5.78 Å². The summed E-state index contributed by atoms with van der Waals surface area (Å²) < 4.78 is 0. The van der Waals surface area contributed by atoms with Crippen LogP contribution in [0.15, 0.2) is 112 Å². The number of Topliss-reactive ketones (excluding diaryl/α,β-unsaturated/α-hetero) is 1. The van der Waals surface area contributed by atoms with Crippen LogP contribution in [0.5, 0.6) is 0 Å². The Kier molecular flexibility index (Phi) is 4.95. The van der Waals surface area contributed by atoms with E-state index in [2.05, 4.69) is 81.5 Å². The molecule has 4 aromatic rings. The summed E-state index contributed by atoms with van der Waals surface area (Å²) in [6.07, 6.45) is 0. The van der Waals surface area contributed by atoms with E-state index in [4.69, 9.17) is 4.99 Å². The molecule has 0 saturated carbocycles. The molecule has 0 atom stereocenters. The van der Waals surface area contributed by atoms with Crippen LogP contribution in [0.3, 0.4) is 0 Å². The Labute approximate surface area is 234 Å². The van der Waals surface area contributed by atoms with E-state index in [1.54, 1.807) is 0 Å². The Balaban J connectivity index is 1.32. The molecule has 4 aromatic carbocycles. The Hall–Kier alpha value is -4.44. The number of aliphatic imine (C=N–C) groups is 1. The molecule has 0 spiro atoms. The van der Waals surface area contributed by atoms with E-state index in [0.29, 0.717) is 5.57 Å². The average Bonchev–Trinajstić information content (AvgIpc) is 3.37. The van der Waals surface area contributed by atoms with E-state index in [9.17, 15) is 9.90 Å². The van der Waals surface area contributed by atoms with E-state index in [0.717, 1.165) is 44.7 Å². The molecule has 0 amide bonds. The molecule has 0 unspecified atom stereocenters. The van der Waals surface area contributed by atoms with Gasteiger partial charge in [0.2, 0.25) is 0 Å². The number of nitrogens with zero attached hydrogens (tertiary/aromatic N) is 1. The summed E-state index contributed by atoms with van der Waals surface area (Å²) in [5, 5.41) is 22.0. The largest absolute Gasteiger partial charge is 0.871 e. The van der Waals surface area contributed by atoms with Gasteiger partial charge in [-0.25, -0.2) is 0 Å². The molecule has 7 rings (SSSR count). The normalized spacial score (nSPS) is 21.1. The number of rotatable bonds is 2. The molecule has 0 aromatic heterocycles. The minimum Gasteiger partial charge on any atom is -0.871 e. The van der Waals surface area contributed by atoms with Gasteiger partial charge >= 0.3 is 0 Å². The van der Waals surface area contributed by atoms with Gasteiger partial charge in [-0.3, -0.25) is 9.79 Å². The second-order valence-corrected chi connectivity index (χ2v) is 12.3. The summed E-state index contributed by atoms with van der Waals surface area (Å²) in [4.78, 5) is 18.7. The molecule has 0 radical (unpaired) electrons. The first-order chi connectivity index (χ1) is 19.0. The van der Waals surface area contributed by atoms with Crippen molar-refractivity contribution >= 4 is 44.4 Å². The van der Waals surface area contributed by atoms with Crippen molar-refractivity contribution in [2.24, 2.45) is 4.99 Å². The SMILES string of the molecule is CC(C1=Nc2ccc3ccccc3c2C1(C)C)=C1C(=O)C(/C(C)=C2/Nc3ccc4ccccc4c3C2(C)C)=C1[O-]. The van der Waals surface area contributed by atoms with Crippen LogP contribution >= 0.6 is 0 Å². The topological polar surface area (TPSA) is 64.5 Å². The number of anilines is 1. The summed E-state index contributed by atoms with van der Waals surface area (Å²) in [6, 6.07) is 25.0. The van der Waals surface area contributed by atoms with Crippen LogP contribution < -0.4 is 10.4 Å². The fraction of sp³-hybridized carbons (Fsp3) is 0.222. The lowest BCUT2D eigenvalue weighted by molar-refractivity contribution is -0.300. The highest BCUT2D eigenvalue weighted by Gasteiger charge is 2.43. The minimum absolute atomic E-state index is 0.190. The Morgan fingerprint density at radius 3 is 2.00 bits per heavy atom. The number of carbonyl (C=O) groups excluding carboxylic acids is 1. The zero-order valence-electron chi connectivity index (χ0n) is 23.7. The predicted octanol–water partition coefficient (Wildman–Crippen LogP) is 7.55. The second-order valence-electron chi connectivity index (χ2n) is 12.3. The van der Waals surface area contributed by atoms with Gasteiger partial charge in [0.1, 0.15) is 0 Å². The summed E-state index contributed by atoms with van der Waals surface area (Å²) in [7, 11) is 0. The van der Waals surface area contributed by atoms with Crippen LogP contribution in [0.1, 0.15) is 52.7 Å². The van der Waals surface area contributed by atoms with Gasteiger partial charge in [0.25, 0.3) is 0 Å². The Bertz CT molecular complexity index is 1960. The molecule has 40 heavy (non-hydrogen) atoms. The highest BCUT2D eigenvalue weighted by Crippen LogP contribution is 2.51. The maximum atomic E-state index is 13.7. The van der Waals surface area contributed by atoms with Crippen LogP contribution in [-0.2, 0) is 15.6 Å². The van der Waals surface area contributed by atoms with Crippen LogP contribution in [-0.4, -0.2) is 11.5 Å². The molecule has 4 nitrogen and oxygen atoms in total. The van der Waals surface area contributed by atoms with Gasteiger partial charge in [0.05, 0.1) is 11.4 Å². The van der Waals surface area contributed by atoms with Crippen molar-refractivity contribution in [2.45, 2.75) is 52.4 Å². The molecule has 0 saturated heterocycles. The molecular formula is C36H31N2O2-. The van der Waals surface area contributed by atoms with Crippen LogP contribution in [0, 0.1) is 0 Å². The summed E-state index contributed by atoms with van der Waals surface area (Å²) in [5.41, 5.74) is 7.08. The molecule has 198 valence electrons. The van der Waals surface area contributed by atoms with Gasteiger partial charge in [-0.15, -0.1) is 0 Å². The van der Waals surface area contributed by atoms with Crippen molar-refractivity contribution in [3.63, 3.8) is 0 Å². The fourth-order valence-corrected chi connectivity index (χ4v) is 7.29. The van der Waals surface area contributed by atoms with E-state index in [1.807, 2.05) is 38.1 Å². The predicted molar refractivity (Wildman–Crippen MR) is 162 cm³/mol. The highest BCUT2D eigenvalue weighted by atomic mass is 16.3. The van der Waals surface area contributed by atoms with Crippen molar-refractivity contribution in [1.82, 2.24) is 0 Å². The van der Waals surface area contributed by atoms with Crippen molar-refractivity contribution in [1.29, 1.82) is 0 Å². The fourth-order valence-electron chi connectivity index (χ4n) is 7.29. The number of fused-ring (bicyclic) bond motifs is 6. The minimum atomic E-state index is -0.436. The van der Waals surface area contributed by atoms with Gasteiger partial charge in [-0.05, 0) is 69.8 Å². The van der Waals surface area contributed by atoms with Gasteiger partial charge < -0.3 is 10.4 Å². The van der Waals surface area contributed by atoms with Gasteiger partial charge in [-0.1, -0.05) is 94.1 Å². The third-order valence-electron chi connectivity index (χ3n) is 9.18. The first-order valence-corrected chi connectivity index (χ1v) is 13.8. The molecule has 0 fully saturated rings. The van der Waals surface area contributed by atoms with Crippen LogP contribution in [0.2, 0.25) is 0 Å². The zero-order chi connectivity index (χ0) is 28.1. The quantitative estimate of drug-likeness (QED) is 0.276. The second kappa shape index (κ2) is 8.04. The standard InChI is InChI=1S/C36H32N2O2/c1-19(33-35(3,4)29-23-13-9-7-11-21(23)15-17-25(29)37-33)27-31(39)28(32(27)40)20(2)34-36(5,6)30-24-14-10-8-12-22(24)16-18-26(30)38-34/h7-18,37,39H,1-6H3/p-1/b28-20?,33-19+. The van der Waals surface area contributed by atoms with E-state index < -0.39 is 5.41 Å². The smallest absolute Gasteiger partial charge is 0.192 e. The molecule has 1 aliphatic carbocycles. The Morgan fingerprint density at radius 1 is 0.750 bits per heavy atom. The van der Waals surface area contributed by atoms with Crippen LogP contribution in [0.4, 0.5) is 11.4 Å². The van der Waals surface area contributed by atoms with E-state index in [-0.39, 0.29) is 28.1 Å². The molecule has 4 heteroatoms. The van der Waals surface area contributed by atoms with Gasteiger partial charge in [0, 0.05) is 33.4 Å². The lowest BCUT2D eigenvalue weighted by atomic mass is 9.72. The number of allylic oxidation sites excluding steroid dienone is 5. The number of hydrogen-bond donors (Lipinski definition) is 1. The van der Waals surface area contributed by atoms with Crippen molar-refractivity contribution in [2.75, 3.05) is 5.32 Å². The summed E-state index contributed by atoms with van der Waals surface area (Å²) >= 11 is 0. The number of benzene rings is 4. The molecule has 0 bridgehead atoms. The number of nitrogens with one attached hydrogen (secondary N) is 1. The number of carbonyl (C=O) groups is 1. The molecular weight excluding hydrogens is 492 g/mol. The maximum absolute atomic E-state index is 13.7. The van der Waals surface area contributed by atoms with Crippen LogP contribution in [0.25, 0.3) is 21.5 Å². The third-order valence-corrected chi connectivity index (χ3v) is 9.18. The first kappa shape index (κ1) is 24.6. The summed E-state index contributed by atoms with van der Waals surface area (Å²) in [6.45, 7) is 12.3. The monoisotopic (exact) mass is 523 g/mol. The van der Waals surface area contributed by atoms with Gasteiger partial charge in [-0.2, -0.15) is 0 Å². The number of ketones is 1. The van der Waals surface area contributed by atoms with E-state index in [1.165, 1.54) is 16.3 Å². The lowest BCUT2D eigenvalue weighted by Crippen LogP contribution is -2.36. The van der Waals surface area contributed by atoms with E-state index >= 15 is 0 Å². The van der Waals surface area contributed by atoms with Crippen molar-refractivity contribution in [3.8, 4) is 0 Å². The maximum Gasteiger partial charge on any atom is 0.192 e. The third kappa shape index (κ3) is 3.08. The molecule has 1 N–H and O–H groups in total. The zero-order valence-corrected chi connectivity index (χ0v) is 23.7. The first-order valence-electron chi connectivity index (χ1n) is 13.8. The van der Waals surface area contributed by atoms with Crippen molar-refractivity contribution in [3.05, 3.63) is 118 Å². The van der Waals surface area contributed by atoms with Crippen molar-refractivity contribution < 1.29 is 9.90 Å². The molecule has 3 aliphatic rings.